The van der Waals surface area contributed by atoms with Crippen molar-refractivity contribution in [1.82, 2.24) is 20.4 Å². The first-order valence-corrected chi connectivity index (χ1v) is 5.19. The minimum atomic E-state index is -0.899. The zero-order chi connectivity index (χ0) is 14.7. The Balaban J connectivity index is 2.34. The molecule has 1 aromatic heterocycles. The highest BCUT2D eigenvalue weighted by Gasteiger charge is 2.25. The zero-order valence-corrected chi connectivity index (χ0v) is 10.1. The van der Waals surface area contributed by atoms with Gasteiger partial charge < -0.3 is 4.74 Å². The fraction of sp³-hybridized carbons (Fsp3) is 0. The van der Waals surface area contributed by atoms with E-state index < -0.39 is 21.2 Å². The van der Waals surface area contributed by atoms with Crippen molar-refractivity contribution in [3.63, 3.8) is 0 Å². The molecule has 0 N–H and O–H groups in total. The van der Waals surface area contributed by atoms with E-state index in [0.29, 0.717) is 0 Å². The van der Waals surface area contributed by atoms with E-state index in [9.17, 15) is 20.2 Å². The Labute approximate surface area is 114 Å². The van der Waals surface area contributed by atoms with Gasteiger partial charge in [0.25, 0.3) is 5.28 Å². The topological polar surface area (TPSA) is 147 Å². The summed E-state index contributed by atoms with van der Waals surface area (Å²) in [6.45, 7) is 0. The maximum Gasteiger partial charge on any atom is 0.360 e. The summed E-state index contributed by atoms with van der Waals surface area (Å²) in [5.41, 5.74) is -1.38. The van der Waals surface area contributed by atoms with Crippen LogP contribution in [-0.4, -0.2) is 30.2 Å². The first kappa shape index (κ1) is 13.5. The fourth-order valence-electron chi connectivity index (χ4n) is 1.22. The molecule has 0 aliphatic carbocycles. The third-order valence-electron chi connectivity index (χ3n) is 1.99. The second kappa shape index (κ2) is 5.36. The van der Waals surface area contributed by atoms with Gasteiger partial charge in [-0.2, -0.15) is 0 Å². The minimum absolute atomic E-state index is 0.0757. The van der Waals surface area contributed by atoms with Crippen LogP contribution in [-0.2, 0) is 0 Å². The van der Waals surface area contributed by atoms with Crippen molar-refractivity contribution in [3.8, 4) is 11.8 Å². The van der Waals surface area contributed by atoms with Crippen LogP contribution in [0.4, 0.5) is 11.4 Å². The molecule has 0 radical (unpaired) electrons. The Hall–Kier alpha value is -2.95. The van der Waals surface area contributed by atoms with Crippen LogP contribution in [0.5, 0.6) is 11.8 Å². The fourth-order valence-corrected chi connectivity index (χ4v) is 1.30. The Morgan fingerprint density at radius 3 is 2.15 bits per heavy atom. The number of nitro benzene ring substituents is 2. The highest BCUT2D eigenvalue weighted by molar-refractivity contribution is 6.28. The lowest BCUT2D eigenvalue weighted by Gasteiger charge is -2.02. The number of rotatable bonds is 4. The Morgan fingerprint density at radius 1 is 1.00 bits per heavy atom. The van der Waals surface area contributed by atoms with Gasteiger partial charge in [-0.3, -0.25) is 20.2 Å². The molecule has 12 heteroatoms. The molecule has 0 bridgehead atoms. The molecule has 102 valence electrons. The number of benzene rings is 1. The van der Waals surface area contributed by atoms with Gasteiger partial charge >= 0.3 is 17.4 Å². The Bertz CT molecular complexity index is 678. The van der Waals surface area contributed by atoms with Gasteiger partial charge in [0.15, 0.2) is 0 Å². The maximum absolute atomic E-state index is 10.7. The molecule has 0 amide bonds. The summed E-state index contributed by atoms with van der Waals surface area (Å²) in [6.07, 6.45) is 0. The number of nitro groups is 2. The van der Waals surface area contributed by atoms with Crippen molar-refractivity contribution in [2.24, 2.45) is 0 Å². The summed E-state index contributed by atoms with van der Waals surface area (Å²) >= 11 is 5.37. The summed E-state index contributed by atoms with van der Waals surface area (Å²) in [7, 11) is 0. The maximum atomic E-state index is 10.7. The quantitative estimate of drug-likeness (QED) is 0.605. The molecular weight excluding hydrogens is 296 g/mol. The number of aromatic nitrogens is 4. The first-order chi connectivity index (χ1) is 9.47. The van der Waals surface area contributed by atoms with E-state index in [2.05, 4.69) is 20.4 Å². The lowest BCUT2D eigenvalue weighted by atomic mass is 10.2. The largest absolute Gasteiger partial charge is 0.422 e. The lowest BCUT2D eigenvalue weighted by molar-refractivity contribution is -0.422. The van der Waals surface area contributed by atoms with Gasteiger partial charge in [0.2, 0.25) is 0 Å². The molecule has 1 heterocycles. The summed E-state index contributed by atoms with van der Waals surface area (Å²) in [6, 6.07) is 2.65. The number of ether oxygens (including phenoxy) is 1. The van der Waals surface area contributed by atoms with E-state index >= 15 is 0 Å². The summed E-state index contributed by atoms with van der Waals surface area (Å²) in [5.74, 6) is -0.0757. The van der Waals surface area contributed by atoms with Crippen molar-refractivity contribution in [3.05, 3.63) is 43.7 Å². The van der Waals surface area contributed by atoms with Crippen molar-refractivity contribution < 1.29 is 14.6 Å². The van der Waals surface area contributed by atoms with E-state index in [0.717, 1.165) is 18.2 Å². The molecule has 2 rings (SSSR count). The standard InChI is InChI=1S/C8H3ClN6O5/c9-7-10-12-8(13-11-7)20-4-1-2-5(14(16)17)6(3-4)15(18)19/h1-3H. The van der Waals surface area contributed by atoms with Crippen molar-refractivity contribution in [2.75, 3.05) is 0 Å². The number of halogens is 1. The van der Waals surface area contributed by atoms with Gasteiger partial charge in [-0.15, -0.1) is 10.2 Å². The Morgan fingerprint density at radius 2 is 1.60 bits per heavy atom. The van der Waals surface area contributed by atoms with E-state index in [1.807, 2.05) is 0 Å². The van der Waals surface area contributed by atoms with Gasteiger partial charge in [-0.1, -0.05) is 10.2 Å². The highest BCUT2D eigenvalue weighted by Crippen LogP contribution is 2.31. The number of hydrogen-bond donors (Lipinski definition) is 0. The third kappa shape index (κ3) is 2.89. The predicted molar refractivity (Wildman–Crippen MR) is 62.5 cm³/mol. The molecule has 0 spiro atoms. The molecule has 2 aromatic rings. The van der Waals surface area contributed by atoms with Crippen molar-refractivity contribution in [1.29, 1.82) is 0 Å². The molecule has 20 heavy (non-hydrogen) atoms. The van der Waals surface area contributed by atoms with E-state index in [1.165, 1.54) is 0 Å². The monoisotopic (exact) mass is 298 g/mol. The summed E-state index contributed by atoms with van der Waals surface area (Å²) in [4.78, 5) is 19.6. The van der Waals surface area contributed by atoms with Crippen molar-refractivity contribution in [2.45, 2.75) is 0 Å². The predicted octanol–water partition coefficient (Wildman–Crippen LogP) is 1.53. The molecule has 0 aliphatic rings. The van der Waals surface area contributed by atoms with Crippen LogP contribution in [0.15, 0.2) is 18.2 Å². The highest BCUT2D eigenvalue weighted by atomic mass is 35.5. The summed E-state index contributed by atoms with van der Waals surface area (Å²) < 4.78 is 5.03. The number of nitrogens with zero attached hydrogens (tertiary/aromatic N) is 6. The molecule has 0 unspecified atom stereocenters. The molecule has 0 saturated carbocycles. The van der Waals surface area contributed by atoms with Crippen LogP contribution >= 0.6 is 11.6 Å². The van der Waals surface area contributed by atoms with Gasteiger partial charge in [0.1, 0.15) is 5.75 Å². The second-order valence-corrected chi connectivity index (χ2v) is 3.56. The molecule has 0 fully saturated rings. The van der Waals surface area contributed by atoms with Gasteiger partial charge in [-0.25, -0.2) is 0 Å². The molecular formula is C8H3ClN6O5. The van der Waals surface area contributed by atoms with Gasteiger partial charge in [0, 0.05) is 6.07 Å². The molecule has 11 nitrogen and oxygen atoms in total. The van der Waals surface area contributed by atoms with Gasteiger partial charge in [0.05, 0.1) is 15.9 Å². The molecule has 0 saturated heterocycles. The van der Waals surface area contributed by atoms with Crippen LogP contribution in [0.25, 0.3) is 0 Å². The lowest BCUT2D eigenvalue weighted by Crippen LogP contribution is -1.99. The zero-order valence-electron chi connectivity index (χ0n) is 9.33. The number of hydrogen-bond acceptors (Lipinski definition) is 9. The van der Waals surface area contributed by atoms with Crippen molar-refractivity contribution >= 4 is 23.0 Å². The minimum Gasteiger partial charge on any atom is -0.422 e. The second-order valence-electron chi connectivity index (χ2n) is 3.22. The average molecular weight is 299 g/mol. The Kier molecular flexibility index (Phi) is 3.61. The molecule has 1 aromatic carbocycles. The molecule has 0 atom stereocenters. The first-order valence-electron chi connectivity index (χ1n) is 4.81. The smallest absolute Gasteiger partial charge is 0.360 e. The summed E-state index contributed by atoms with van der Waals surface area (Å²) in [5, 5.41) is 34.7. The van der Waals surface area contributed by atoms with Crippen LogP contribution < -0.4 is 4.74 Å². The normalized spacial score (nSPS) is 10.1. The van der Waals surface area contributed by atoms with E-state index in [4.69, 9.17) is 16.3 Å². The SMILES string of the molecule is O=[N+]([O-])c1ccc(Oc2nnc(Cl)nn2)cc1[N+](=O)[O-]. The van der Waals surface area contributed by atoms with Gasteiger partial charge in [-0.05, 0) is 17.7 Å². The third-order valence-corrected chi connectivity index (χ3v) is 2.14. The van der Waals surface area contributed by atoms with Crippen LogP contribution in [0.3, 0.4) is 0 Å². The van der Waals surface area contributed by atoms with E-state index in [1.54, 1.807) is 0 Å². The van der Waals surface area contributed by atoms with Crippen LogP contribution in [0.2, 0.25) is 5.28 Å². The van der Waals surface area contributed by atoms with E-state index in [-0.39, 0.29) is 17.0 Å². The average Bonchev–Trinajstić information content (AvgIpc) is 2.41. The van der Waals surface area contributed by atoms with Crippen LogP contribution in [0.1, 0.15) is 0 Å². The van der Waals surface area contributed by atoms with Crippen LogP contribution in [0, 0.1) is 20.2 Å². The molecule has 0 aliphatic heterocycles.